The lowest BCUT2D eigenvalue weighted by molar-refractivity contribution is 0.386. The lowest BCUT2D eigenvalue weighted by atomic mass is 9.94. The Morgan fingerprint density at radius 2 is 1.59 bits per heavy atom. The zero-order chi connectivity index (χ0) is 15.2. The van der Waals surface area contributed by atoms with Crippen LogP contribution in [-0.2, 0) is 22.9 Å². The van der Waals surface area contributed by atoms with Crippen LogP contribution in [0.1, 0.15) is 24.0 Å². The number of sulfonamides is 1. The fourth-order valence-corrected chi connectivity index (χ4v) is 6.38. The molecule has 2 aliphatic carbocycles. The minimum atomic E-state index is -3.38. The number of hydrogen-bond donors (Lipinski definition) is 1. The summed E-state index contributed by atoms with van der Waals surface area (Å²) in [5.74, 6) is 0.840. The van der Waals surface area contributed by atoms with Gasteiger partial charge in [0.25, 0.3) is 0 Å². The highest BCUT2D eigenvalue weighted by molar-refractivity contribution is 7.91. The molecule has 116 valence electrons. The largest absolute Gasteiger partial charge is 0.250 e. The highest BCUT2D eigenvalue weighted by Gasteiger charge is 2.41. The van der Waals surface area contributed by atoms with E-state index >= 15 is 0 Å². The molecular formula is C17H19NO2S2. The quantitative estimate of drug-likeness (QED) is 0.937. The molecule has 5 heteroatoms. The Labute approximate surface area is 135 Å². The summed E-state index contributed by atoms with van der Waals surface area (Å²) in [6.07, 6.45) is 4.22. The second-order valence-electron chi connectivity index (χ2n) is 6.35. The van der Waals surface area contributed by atoms with Crippen molar-refractivity contribution >= 4 is 21.4 Å². The van der Waals surface area contributed by atoms with E-state index in [1.165, 1.54) is 22.5 Å². The molecule has 2 bridgehead atoms. The van der Waals surface area contributed by atoms with Gasteiger partial charge in [0.05, 0.1) is 0 Å². The van der Waals surface area contributed by atoms with Crippen molar-refractivity contribution in [2.45, 2.75) is 35.9 Å². The molecule has 22 heavy (non-hydrogen) atoms. The Morgan fingerprint density at radius 1 is 0.955 bits per heavy atom. The fourth-order valence-electron chi connectivity index (χ4n) is 4.00. The molecule has 1 aromatic carbocycles. The van der Waals surface area contributed by atoms with Gasteiger partial charge in [-0.1, -0.05) is 30.3 Å². The van der Waals surface area contributed by atoms with Gasteiger partial charge in [-0.2, -0.15) is 0 Å². The molecule has 0 spiro atoms. The fraction of sp³-hybridized carbons (Fsp3) is 0.412. The van der Waals surface area contributed by atoms with E-state index in [9.17, 15) is 8.42 Å². The van der Waals surface area contributed by atoms with E-state index < -0.39 is 10.0 Å². The van der Waals surface area contributed by atoms with Crippen LogP contribution in [0.15, 0.2) is 46.0 Å². The van der Waals surface area contributed by atoms with Crippen LogP contribution in [0.5, 0.6) is 0 Å². The zero-order valence-corrected chi connectivity index (χ0v) is 13.9. The van der Waals surface area contributed by atoms with Crippen LogP contribution < -0.4 is 4.72 Å². The van der Waals surface area contributed by atoms with E-state index in [0.29, 0.717) is 16.0 Å². The Bertz CT molecular complexity index is 735. The first kappa shape index (κ1) is 14.4. The molecule has 2 aliphatic rings. The lowest BCUT2D eigenvalue weighted by Crippen LogP contribution is -2.41. The number of rotatable bonds is 3. The number of nitrogens with one attached hydrogen (secondary N) is 1. The number of benzene rings is 1. The van der Waals surface area contributed by atoms with Gasteiger partial charge in [0, 0.05) is 6.04 Å². The molecule has 4 rings (SSSR count). The maximum atomic E-state index is 12.6. The second kappa shape index (κ2) is 5.48. The normalized spacial score (nSPS) is 27.4. The summed E-state index contributed by atoms with van der Waals surface area (Å²) in [7, 11) is -3.38. The van der Waals surface area contributed by atoms with Crippen LogP contribution in [0.2, 0.25) is 0 Å². The van der Waals surface area contributed by atoms with Crippen molar-refractivity contribution in [2.75, 3.05) is 0 Å². The predicted molar refractivity (Wildman–Crippen MR) is 88.5 cm³/mol. The summed E-state index contributed by atoms with van der Waals surface area (Å²) in [5.41, 5.74) is 2.80. The Balaban J connectivity index is 1.62. The number of thiophene rings is 1. The summed E-state index contributed by atoms with van der Waals surface area (Å²) in [5, 5.41) is 1.81. The minimum Gasteiger partial charge on any atom is -0.207 e. The van der Waals surface area contributed by atoms with Crippen molar-refractivity contribution in [3.63, 3.8) is 0 Å². The van der Waals surface area contributed by atoms with Gasteiger partial charge in [0.2, 0.25) is 10.0 Å². The van der Waals surface area contributed by atoms with Crippen LogP contribution in [0, 0.1) is 11.8 Å². The maximum Gasteiger partial charge on any atom is 0.250 e. The van der Waals surface area contributed by atoms with Gasteiger partial charge >= 0.3 is 0 Å². The molecule has 0 saturated heterocycles. The molecule has 1 fully saturated rings. The number of hydrogen-bond acceptors (Lipinski definition) is 3. The van der Waals surface area contributed by atoms with E-state index in [0.717, 1.165) is 25.7 Å². The van der Waals surface area contributed by atoms with Gasteiger partial charge in [0.1, 0.15) is 4.21 Å². The SMILES string of the molecule is O=S(=O)(NC1[C@@H]2CC[C@H]1Cc1ccccc1C2)c1cccs1. The summed E-state index contributed by atoms with van der Waals surface area (Å²) in [6, 6.07) is 12.1. The average molecular weight is 333 g/mol. The summed E-state index contributed by atoms with van der Waals surface area (Å²) in [6.45, 7) is 0. The molecule has 1 heterocycles. The van der Waals surface area contributed by atoms with Crippen LogP contribution in [0.3, 0.4) is 0 Å². The first-order valence-corrected chi connectivity index (χ1v) is 10.1. The Morgan fingerprint density at radius 3 is 2.14 bits per heavy atom. The molecule has 1 saturated carbocycles. The van der Waals surface area contributed by atoms with E-state index in [2.05, 4.69) is 29.0 Å². The second-order valence-corrected chi connectivity index (χ2v) is 9.24. The van der Waals surface area contributed by atoms with Crippen molar-refractivity contribution in [1.29, 1.82) is 0 Å². The molecule has 0 aliphatic heterocycles. The maximum absolute atomic E-state index is 12.6. The van der Waals surface area contributed by atoms with Crippen molar-refractivity contribution in [1.82, 2.24) is 4.72 Å². The van der Waals surface area contributed by atoms with Crippen LogP contribution in [-0.4, -0.2) is 14.5 Å². The van der Waals surface area contributed by atoms with Crippen molar-refractivity contribution in [3.05, 3.63) is 52.9 Å². The van der Waals surface area contributed by atoms with Crippen LogP contribution in [0.4, 0.5) is 0 Å². The smallest absolute Gasteiger partial charge is 0.207 e. The van der Waals surface area contributed by atoms with Crippen LogP contribution in [0.25, 0.3) is 0 Å². The molecular weight excluding hydrogens is 314 g/mol. The molecule has 2 aromatic rings. The number of fused-ring (bicyclic) bond motifs is 3. The molecule has 0 amide bonds. The van der Waals surface area contributed by atoms with Gasteiger partial charge < -0.3 is 0 Å². The molecule has 0 radical (unpaired) electrons. The van der Waals surface area contributed by atoms with E-state index in [-0.39, 0.29) is 6.04 Å². The topological polar surface area (TPSA) is 46.2 Å². The molecule has 3 nitrogen and oxygen atoms in total. The molecule has 1 aromatic heterocycles. The Hall–Kier alpha value is -1.17. The molecule has 1 unspecified atom stereocenters. The van der Waals surface area contributed by atoms with E-state index in [4.69, 9.17) is 0 Å². The highest BCUT2D eigenvalue weighted by atomic mass is 32.2. The van der Waals surface area contributed by atoms with Gasteiger partial charge in [-0.25, -0.2) is 13.1 Å². The predicted octanol–water partition coefficient (Wildman–Crippen LogP) is 3.22. The molecule has 1 N–H and O–H groups in total. The lowest BCUT2D eigenvalue weighted by Gasteiger charge is -2.23. The summed E-state index contributed by atoms with van der Waals surface area (Å²) in [4.78, 5) is 0. The van der Waals surface area contributed by atoms with Gasteiger partial charge in [-0.15, -0.1) is 11.3 Å². The highest BCUT2D eigenvalue weighted by Crippen LogP contribution is 2.40. The average Bonchev–Trinajstić information content (AvgIpc) is 3.09. The standard InChI is InChI=1S/C17H19NO2S2/c19-22(20,16-6-3-9-21-16)18-17-14-7-8-15(17)11-13-5-2-1-4-12(13)10-14/h1-6,9,14-15,17-18H,7-8,10-11H2/t14-,15+,17?. The monoisotopic (exact) mass is 333 g/mol. The first-order chi connectivity index (χ1) is 10.6. The third-order valence-corrected chi connectivity index (χ3v) is 7.91. The van der Waals surface area contributed by atoms with E-state index in [1.807, 2.05) is 5.38 Å². The third-order valence-electron chi connectivity index (χ3n) is 5.06. The summed E-state index contributed by atoms with van der Waals surface area (Å²) >= 11 is 1.28. The first-order valence-electron chi connectivity index (χ1n) is 7.76. The Kier molecular flexibility index (Phi) is 3.59. The zero-order valence-electron chi connectivity index (χ0n) is 12.2. The van der Waals surface area contributed by atoms with E-state index in [1.54, 1.807) is 12.1 Å². The third kappa shape index (κ3) is 2.51. The minimum absolute atomic E-state index is 0.0690. The van der Waals surface area contributed by atoms with Crippen LogP contribution >= 0.6 is 11.3 Å². The van der Waals surface area contributed by atoms with Crippen molar-refractivity contribution in [2.24, 2.45) is 11.8 Å². The van der Waals surface area contributed by atoms with Crippen molar-refractivity contribution in [3.8, 4) is 0 Å². The summed E-state index contributed by atoms with van der Waals surface area (Å²) < 4.78 is 28.6. The van der Waals surface area contributed by atoms with Gasteiger partial charge in [-0.05, 0) is 60.1 Å². The van der Waals surface area contributed by atoms with Gasteiger partial charge in [-0.3, -0.25) is 0 Å². The van der Waals surface area contributed by atoms with Gasteiger partial charge in [0.15, 0.2) is 0 Å². The van der Waals surface area contributed by atoms with Crippen molar-refractivity contribution < 1.29 is 8.42 Å². The molecule has 3 atom stereocenters.